The molecule has 0 aliphatic heterocycles. The summed E-state index contributed by atoms with van der Waals surface area (Å²) in [5, 5.41) is 13.2. The molecule has 0 aliphatic carbocycles. The highest BCUT2D eigenvalue weighted by atomic mass is 35.5. The maximum Gasteiger partial charge on any atom is 0.132 e. The Labute approximate surface area is 101 Å². The lowest BCUT2D eigenvalue weighted by atomic mass is 10.1. The highest BCUT2D eigenvalue weighted by Crippen LogP contribution is 2.33. The minimum absolute atomic E-state index is 0.377. The van der Waals surface area contributed by atoms with Crippen molar-refractivity contribution in [3.63, 3.8) is 0 Å². The Hall–Kier alpha value is -0.610. The average molecular weight is 260 g/mol. The monoisotopic (exact) mass is 259 g/mol. The second-order valence-corrected chi connectivity index (χ2v) is 4.63. The van der Waals surface area contributed by atoms with Crippen LogP contribution in [-0.4, -0.2) is 10.1 Å². The van der Waals surface area contributed by atoms with Crippen molar-refractivity contribution in [2.24, 2.45) is 0 Å². The van der Waals surface area contributed by atoms with Crippen molar-refractivity contribution >= 4 is 34.5 Å². The first-order valence-corrected chi connectivity index (χ1v) is 5.85. The molecule has 1 atom stereocenters. The SMILES string of the molecule is OC(c1nccs1)c1cccc(Cl)c1Cl. The van der Waals surface area contributed by atoms with E-state index in [0.29, 0.717) is 20.6 Å². The largest absolute Gasteiger partial charge is 0.381 e. The van der Waals surface area contributed by atoms with Gasteiger partial charge in [0, 0.05) is 17.1 Å². The molecular weight excluding hydrogens is 253 g/mol. The molecule has 2 nitrogen and oxygen atoms in total. The van der Waals surface area contributed by atoms with E-state index >= 15 is 0 Å². The van der Waals surface area contributed by atoms with Gasteiger partial charge in [-0.15, -0.1) is 11.3 Å². The summed E-state index contributed by atoms with van der Waals surface area (Å²) in [6.07, 6.45) is 0.831. The number of benzene rings is 1. The molecule has 0 saturated carbocycles. The molecule has 2 aromatic rings. The number of hydrogen-bond acceptors (Lipinski definition) is 3. The van der Waals surface area contributed by atoms with Crippen LogP contribution in [0, 0.1) is 0 Å². The van der Waals surface area contributed by atoms with Gasteiger partial charge in [-0.1, -0.05) is 35.3 Å². The fourth-order valence-corrected chi connectivity index (χ4v) is 2.28. The molecule has 78 valence electrons. The molecule has 2 rings (SSSR count). The molecular formula is C10H7Cl2NOS. The van der Waals surface area contributed by atoms with Gasteiger partial charge in [-0.05, 0) is 6.07 Å². The molecule has 1 aromatic carbocycles. The molecule has 0 saturated heterocycles. The number of nitrogens with zero attached hydrogens (tertiary/aromatic N) is 1. The molecule has 0 amide bonds. The number of halogens is 2. The summed E-state index contributed by atoms with van der Waals surface area (Å²) in [6.45, 7) is 0. The van der Waals surface area contributed by atoms with Gasteiger partial charge in [-0.2, -0.15) is 0 Å². The van der Waals surface area contributed by atoms with Gasteiger partial charge in [0.15, 0.2) is 0 Å². The molecule has 1 N–H and O–H groups in total. The van der Waals surface area contributed by atoms with Gasteiger partial charge in [0.25, 0.3) is 0 Å². The van der Waals surface area contributed by atoms with Crippen LogP contribution in [0.25, 0.3) is 0 Å². The van der Waals surface area contributed by atoms with Crippen molar-refractivity contribution < 1.29 is 5.11 Å². The third kappa shape index (κ3) is 2.16. The number of aromatic nitrogens is 1. The summed E-state index contributed by atoms with van der Waals surface area (Å²) in [5.41, 5.74) is 0.583. The van der Waals surface area contributed by atoms with Crippen molar-refractivity contribution in [3.8, 4) is 0 Å². The van der Waals surface area contributed by atoms with E-state index in [1.807, 2.05) is 0 Å². The molecule has 0 bridgehead atoms. The van der Waals surface area contributed by atoms with Crippen LogP contribution in [0.4, 0.5) is 0 Å². The molecule has 0 aliphatic rings. The second-order valence-electron chi connectivity index (χ2n) is 2.92. The fourth-order valence-electron chi connectivity index (χ4n) is 1.23. The number of rotatable bonds is 2. The lowest BCUT2D eigenvalue weighted by Gasteiger charge is -2.10. The molecule has 15 heavy (non-hydrogen) atoms. The van der Waals surface area contributed by atoms with E-state index in [-0.39, 0.29) is 0 Å². The van der Waals surface area contributed by atoms with Crippen LogP contribution >= 0.6 is 34.5 Å². The number of thiazole rings is 1. The summed E-state index contributed by atoms with van der Waals surface area (Å²) in [4.78, 5) is 4.03. The zero-order valence-corrected chi connectivity index (χ0v) is 9.85. The van der Waals surface area contributed by atoms with Crippen molar-refractivity contribution in [3.05, 3.63) is 50.4 Å². The molecule has 1 heterocycles. The number of hydrogen-bond donors (Lipinski definition) is 1. The van der Waals surface area contributed by atoms with Gasteiger partial charge < -0.3 is 5.11 Å². The first-order chi connectivity index (χ1) is 7.20. The maximum atomic E-state index is 9.99. The van der Waals surface area contributed by atoms with Crippen LogP contribution in [0.3, 0.4) is 0 Å². The molecule has 0 radical (unpaired) electrons. The van der Waals surface area contributed by atoms with E-state index < -0.39 is 6.10 Å². The Morgan fingerprint density at radius 2 is 2.13 bits per heavy atom. The summed E-state index contributed by atoms with van der Waals surface area (Å²) < 4.78 is 0. The van der Waals surface area contributed by atoms with E-state index in [0.717, 1.165) is 0 Å². The summed E-state index contributed by atoms with van der Waals surface area (Å²) in [6, 6.07) is 5.17. The van der Waals surface area contributed by atoms with E-state index in [9.17, 15) is 5.11 Å². The van der Waals surface area contributed by atoms with Crippen LogP contribution in [0.2, 0.25) is 10.0 Å². The average Bonchev–Trinajstić information content (AvgIpc) is 2.74. The predicted molar refractivity (Wildman–Crippen MR) is 62.6 cm³/mol. The molecule has 1 unspecified atom stereocenters. The summed E-state index contributed by atoms with van der Waals surface area (Å²) >= 11 is 13.2. The fraction of sp³-hybridized carbons (Fsp3) is 0.100. The van der Waals surface area contributed by atoms with Crippen molar-refractivity contribution in [2.45, 2.75) is 6.10 Å². The Morgan fingerprint density at radius 1 is 1.33 bits per heavy atom. The highest BCUT2D eigenvalue weighted by molar-refractivity contribution is 7.09. The lowest BCUT2D eigenvalue weighted by Crippen LogP contribution is -1.99. The highest BCUT2D eigenvalue weighted by Gasteiger charge is 2.17. The zero-order valence-electron chi connectivity index (χ0n) is 7.52. The van der Waals surface area contributed by atoms with Gasteiger partial charge in [-0.25, -0.2) is 4.98 Å². The quantitative estimate of drug-likeness (QED) is 0.895. The third-order valence-electron chi connectivity index (χ3n) is 1.96. The number of aliphatic hydroxyl groups is 1. The molecule has 0 fully saturated rings. The Balaban J connectivity index is 2.42. The molecule has 5 heteroatoms. The van der Waals surface area contributed by atoms with E-state index in [1.165, 1.54) is 11.3 Å². The lowest BCUT2D eigenvalue weighted by molar-refractivity contribution is 0.220. The number of aliphatic hydroxyl groups excluding tert-OH is 1. The van der Waals surface area contributed by atoms with Crippen LogP contribution in [0.5, 0.6) is 0 Å². The zero-order chi connectivity index (χ0) is 10.8. The molecule has 0 spiro atoms. The van der Waals surface area contributed by atoms with Gasteiger partial charge in [-0.3, -0.25) is 0 Å². The van der Waals surface area contributed by atoms with E-state index in [1.54, 1.807) is 29.8 Å². The third-order valence-corrected chi connectivity index (χ3v) is 3.62. The normalized spacial score (nSPS) is 12.7. The van der Waals surface area contributed by atoms with Crippen molar-refractivity contribution in [1.82, 2.24) is 4.98 Å². The van der Waals surface area contributed by atoms with Crippen LogP contribution in [0.15, 0.2) is 29.8 Å². The maximum absolute atomic E-state index is 9.99. The van der Waals surface area contributed by atoms with Crippen LogP contribution < -0.4 is 0 Å². The second kappa shape index (κ2) is 4.49. The van der Waals surface area contributed by atoms with Crippen LogP contribution in [0.1, 0.15) is 16.7 Å². The minimum atomic E-state index is -0.809. The first kappa shape index (κ1) is 10.9. The predicted octanol–water partition coefficient (Wildman–Crippen LogP) is 3.53. The topological polar surface area (TPSA) is 33.1 Å². The van der Waals surface area contributed by atoms with Gasteiger partial charge in [0.2, 0.25) is 0 Å². The van der Waals surface area contributed by atoms with Gasteiger partial charge in [0.1, 0.15) is 11.1 Å². The standard InChI is InChI=1S/C10H7Cl2NOS/c11-7-3-1-2-6(8(7)12)9(14)10-13-4-5-15-10/h1-5,9,14H. The van der Waals surface area contributed by atoms with Crippen molar-refractivity contribution in [2.75, 3.05) is 0 Å². The Morgan fingerprint density at radius 3 is 2.80 bits per heavy atom. The minimum Gasteiger partial charge on any atom is -0.381 e. The van der Waals surface area contributed by atoms with Crippen molar-refractivity contribution in [1.29, 1.82) is 0 Å². The van der Waals surface area contributed by atoms with Gasteiger partial charge >= 0.3 is 0 Å². The Bertz CT molecular complexity index is 458. The van der Waals surface area contributed by atoms with Gasteiger partial charge in [0.05, 0.1) is 10.0 Å². The molecule has 1 aromatic heterocycles. The summed E-state index contributed by atoms with van der Waals surface area (Å²) in [7, 11) is 0. The van der Waals surface area contributed by atoms with Crippen LogP contribution in [-0.2, 0) is 0 Å². The smallest absolute Gasteiger partial charge is 0.132 e. The van der Waals surface area contributed by atoms with E-state index in [2.05, 4.69) is 4.98 Å². The summed E-state index contributed by atoms with van der Waals surface area (Å²) in [5.74, 6) is 0. The van der Waals surface area contributed by atoms with E-state index in [4.69, 9.17) is 23.2 Å². The first-order valence-electron chi connectivity index (χ1n) is 4.21. The Kier molecular flexibility index (Phi) is 3.26.